The van der Waals surface area contributed by atoms with Crippen molar-refractivity contribution in [1.82, 2.24) is 5.32 Å². The van der Waals surface area contributed by atoms with Gasteiger partial charge in [0.2, 0.25) is 0 Å². The van der Waals surface area contributed by atoms with Crippen LogP contribution in [0.25, 0.3) is 0 Å². The lowest BCUT2D eigenvalue weighted by Crippen LogP contribution is -2.17. The molecule has 0 heterocycles. The zero-order chi connectivity index (χ0) is 9.68. The van der Waals surface area contributed by atoms with E-state index in [9.17, 15) is 0 Å². The van der Waals surface area contributed by atoms with Crippen LogP contribution in [0.5, 0.6) is 0 Å². The van der Waals surface area contributed by atoms with E-state index in [4.69, 9.17) is 28.3 Å². The molecule has 2 N–H and O–H groups in total. The second kappa shape index (κ2) is 5.45. The Bertz CT molecular complexity index is 258. The average Bonchev–Trinajstić information content (AvgIpc) is 2.03. The van der Waals surface area contributed by atoms with Gasteiger partial charge < -0.3 is 10.4 Å². The maximum absolute atomic E-state index is 8.54. The highest BCUT2D eigenvalue weighted by atomic mass is 35.5. The van der Waals surface area contributed by atoms with Crippen molar-refractivity contribution in [3.8, 4) is 0 Å². The highest BCUT2D eigenvalue weighted by Crippen LogP contribution is 2.18. The van der Waals surface area contributed by atoms with Gasteiger partial charge in [-0.3, -0.25) is 0 Å². The maximum Gasteiger partial charge on any atom is 0.0556 e. The number of rotatable bonds is 4. The first-order chi connectivity index (χ1) is 6.22. The normalized spacial score (nSPS) is 10.4. The summed E-state index contributed by atoms with van der Waals surface area (Å²) in [6.45, 7) is 1.37. The minimum atomic E-state index is 0.133. The summed E-state index contributed by atoms with van der Waals surface area (Å²) in [7, 11) is 0. The van der Waals surface area contributed by atoms with Gasteiger partial charge in [0.15, 0.2) is 0 Å². The largest absolute Gasteiger partial charge is 0.395 e. The molecule has 0 aliphatic rings. The summed E-state index contributed by atoms with van der Waals surface area (Å²) >= 11 is 11.6. The first kappa shape index (κ1) is 10.8. The molecule has 0 saturated carbocycles. The molecule has 0 radical (unpaired) electrons. The fourth-order valence-corrected chi connectivity index (χ4v) is 1.60. The monoisotopic (exact) mass is 219 g/mol. The molecule has 0 amide bonds. The summed E-state index contributed by atoms with van der Waals surface area (Å²) in [4.78, 5) is 0. The molecule has 13 heavy (non-hydrogen) atoms. The van der Waals surface area contributed by atoms with Gasteiger partial charge in [-0.1, -0.05) is 23.2 Å². The number of aliphatic hydroxyl groups excluding tert-OH is 1. The summed E-state index contributed by atoms with van der Waals surface area (Å²) in [6, 6.07) is 5.38. The molecule has 1 aromatic carbocycles. The molecule has 1 rings (SSSR count). The van der Waals surface area contributed by atoms with Gasteiger partial charge >= 0.3 is 0 Å². The number of halogens is 2. The molecule has 72 valence electrons. The first-order valence-corrected chi connectivity index (χ1v) is 4.74. The van der Waals surface area contributed by atoms with Crippen LogP contribution >= 0.6 is 23.2 Å². The summed E-state index contributed by atoms with van der Waals surface area (Å²) in [5, 5.41) is 12.8. The van der Waals surface area contributed by atoms with Crippen molar-refractivity contribution in [3.63, 3.8) is 0 Å². The minimum Gasteiger partial charge on any atom is -0.395 e. The third-order valence-electron chi connectivity index (χ3n) is 1.54. The Kier molecular flexibility index (Phi) is 4.53. The molecule has 0 unspecified atom stereocenters. The molecule has 0 aromatic heterocycles. The summed E-state index contributed by atoms with van der Waals surface area (Å²) < 4.78 is 0. The van der Waals surface area contributed by atoms with Crippen molar-refractivity contribution >= 4 is 23.2 Å². The number of benzene rings is 1. The van der Waals surface area contributed by atoms with E-state index in [1.807, 2.05) is 12.1 Å². The van der Waals surface area contributed by atoms with Crippen molar-refractivity contribution in [2.45, 2.75) is 6.54 Å². The van der Waals surface area contributed by atoms with E-state index < -0.39 is 0 Å². The molecule has 4 heteroatoms. The second-order valence-electron chi connectivity index (χ2n) is 2.68. The molecule has 0 bridgehead atoms. The van der Waals surface area contributed by atoms with E-state index >= 15 is 0 Å². The Morgan fingerprint density at radius 1 is 1.15 bits per heavy atom. The Morgan fingerprint density at radius 3 is 2.31 bits per heavy atom. The van der Waals surface area contributed by atoms with Crippen molar-refractivity contribution in [2.24, 2.45) is 0 Å². The van der Waals surface area contributed by atoms with Crippen LogP contribution in [0.1, 0.15) is 5.56 Å². The molecule has 0 aliphatic carbocycles. The standard InChI is InChI=1S/C9H11Cl2NO/c10-8-3-7(4-9(11)5-8)6-12-1-2-13/h3-5,12-13H,1-2,6H2. The Morgan fingerprint density at radius 2 is 1.77 bits per heavy atom. The van der Waals surface area contributed by atoms with Gasteiger partial charge in [0.05, 0.1) is 6.61 Å². The van der Waals surface area contributed by atoms with Crippen molar-refractivity contribution in [1.29, 1.82) is 0 Å². The molecule has 0 atom stereocenters. The van der Waals surface area contributed by atoms with Gasteiger partial charge in [-0.2, -0.15) is 0 Å². The molecular weight excluding hydrogens is 209 g/mol. The lowest BCUT2D eigenvalue weighted by molar-refractivity contribution is 0.292. The number of aliphatic hydroxyl groups is 1. The lowest BCUT2D eigenvalue weighted by Gasteiger charge is -2.03. The molecule has 0 aliphatic heterocycles. The number of hydrogen-bond acceptors (Lipinski definition) is 2. The smallest absolute Gasteiger partial charge is 0.0556 e. The van der Waals surface area contributed by atoms with E-state index in [2.05, 4.69) is 5.32 Å². The quantitative estimate of drug-likeness (QED) is 0.761. The van der Waals surface area contributed by atoms with Crippen molar-refractivity contribution < 1.29 is 5.11 Å². The Balaban J connectivity index is 2.56. The van der Waals surface area contributed by atoms with Crippen LogP contribution in [0.3, 0.4) is 0 Å². The summed E-state index contributed by atoms with van der Waals surface area (Å²) in [5.74, 6) is 0. The van der Waals surface area contributed by atoms with Crippen molar-refractivity contribution in [2.75, 3.05) is 13.2 Å². The molecule has 1 aromatic rings. The van der Waals surface area contributed by atoms with Crippen LogP contribution in [0.2, 0.25) is 10.0 Å². The zero-order valence-electron chi connectivity index (χ0n) is 7.06. The topological polar surface area (TPSA) is 32.3 Å². The summed E-state index contributed by atoms with van der Waals surface area (Å²) in [5.41, 5.74) is 1.02. The number of nitrogens with one attached hydrogen (secondary N) is 1. The zero-order valence-corrected chi connectivity index (χ0v) is 8.57. The first-order valence-electron chi connectivity index (χ1n) is 3.99. The Labute approximate surface area is 87.5 Å². The van der Waals surface area contributed by atoms with Crippen LogP contribution in [0.15, 0.2) is 18.2 Å². The van der Waals surface area contributed by atoms with Crippen LogP contribution in [0, 0.1) is 0 Å². The van der Waals surface area contributed by atoms with E-state index in [1.165, 1.54) is 0 Å². The Hall–Kier alpha value is -0.280. The van der Waals surface area contributed by atoms with E-state index in [1.54, 1.807) is 6.07 Å². The van der Waals surface area contributed by atoms with Crippen LogP contribution in [-0.2, 0) is 6.54 Å². The predicted molar refractivity (Wildman–Crippen MR) is 55.3 cm³/mol. The van der Waals surface area contributed by atoms with Gasteiger partial charge in [0, 0.05) is 23.1 Å². The van der Waals surface area contributed by atoms with Crippen LogP contribution in [-0.4, -0.2) is 18.3 Å². The highest BCUT2D eigenvalue weighted by Gasteiger charge is 1.97. The van der Waals surface area contributed by atoms with Gasteiger partial charge in [0.1, 0.15) is 0 Å². The SMILES string of the molecule is OCCNCc1cc(Cl)cc(Cl)c1. The molecule has 2 nitrogen and oxygen atoms in total. The average molecular weight is 220 g/mol. The molecule has 0 saturated heterocycles. The van der Waals surface area contributed by atoms with E-state index in [-0.39, 0.29) is 6.61 Å². The van der Waals surface area contributed by atoms with Gasteiger partial charge in [-0.05, 0) is 23.8 Å². The van der Waals surface area contributed by atoms with Gasteiger partial charge in [0.25, 0.3) is 0 Å². The third kappa shape index (κ3) is 3.96. The minimum absolute atomic E-state index is 0.133. The highest BCUT2D eigenvalue weighted by molar-refractivity contribution is 6.34. The molecule has 0 spiro atoms. The van der Waals surface area contributed by atoms with Crippen LogP contribution < -0.4 is 5.32 Å². The maximum atomic E-state index is 8.54. The van der Waals surface area contributed by atoms with E-state index in [0.717, 1.165) is 5.56 Å². The fourth-order valence-electron chi connectivity index (χ4n) is 1.02. The van der Waals surface area contributed by atoms with Crippen LogP contribution in [0.4, 0.5) is 0 Å². The van der Waals surface area contributed by atoms with Crippen molar-refractivity contribution in [3.05, 3.63) is 33.8 Å². The fraction of sp³-hybridized carbons (Fsp3) is 0.333. The molecular formula is C9H11Cl2NO. The predicted octanol–water partition coefficient (Wildman–Crippen LogP) is 2.08. The second-order valence-corrected chi connectivity index (χ2v) is 3.55. The van der Waals surface area contributed by atoms with Gasteiger partial charge in [-0.15, -0.1) is 0 Å². The number of hydrogen-bond donors (Lipinski definition) is 2. The lowest BCUT2D eigenvalue weighted by atomic mass is 10.2. The summed E-state index contributed by atoms with van der Waals surface area (Å²) in [6.07, 6.45) is 0. The molecule has 0 fully saturated rings. The third-order valence-corrected chi connectivity index (χ3v) is 1.98. The van der Waals surface area contributed by atoms with Gasteiger partial charge in [-0.25, -0.2) is 0 Å². The van der Waals surface area contributed by atoms with E-state index in [0.29, 0.717) is 23.1 Å².